The summed E-state index contributed by atoms with van der Waals surface area (Å²) in [5, 5.41) is 3.70. The number of methoxy groups -OCH3 is 1. The van der Waals surface area contributed by atoms with E-state index in [2.05, 4.69) is 15.2 Å². The van der Waals surface area contributed by atoms with Crippen LogP contribution in [-0.4, -0.2) is 67.1 Å². The highest BCUT2D eigenvalue weighted by molar-refractivity contribution is 8.13. The van der Waals surface area contributed by atoms with Crippen molar-refractivity contribution in [3.63, 3.8) is 0 Å². The van der Waals surface area contributed by atoms with Crippen LogP contribution >= 0.6 is 11.8 Å². The number of anilines is 1. The first-order valence-corrected chi connectivity index (χ1v) is 12.3. The number of carbonyl (C=O) groups is 3. The van der Waals surface area contributed by atoms with Crippen LogP contribution in [0.25, 0.3) is 0 Å². The van der Waals surface area contributed by atoms with Crippen molar-refractivity contribution in [2.45, 2.75) is 39.2 Å². The molecule has 2 aliphatic rings. The molecule has 1 atom stereocenters. The molecular weight excluding hydrogens is 458 g/mol. The number of carbonyl (C=O) groups excluding carboxylic acids is 3. The predicted molar refractivity (Wildman–Crippen MR) is 130 cm³/mol. The number of nitrogens with one attached hydrogen (secondary N) is 1. The Labute approximate surface area is 203 Å². The normalized spacial score (nSPS) is 17.6. The Kier molecular flexibility index (Phi) is 9.52. The molecule has 10 heteroatoms. The number of nitrogens with zero attached hydrogens (tertiary/aromatic N) is 2. The van der Waals surface area contributed by atoms with Gasteiger partial charge in [0, 0.05) is 31.5 Å². The summed E-state index contributed by atoms with van der Waals surface area (Å²) in [5.41, 5.74) is 2.66. The van der Waals surface area contributed by atoms with Crippen molar-refractivity contribution in [1.29, 1.82) is 0 Å². The molecule has 1 N–H and O–H groups in total. The number of hydrogen-bond acceptors (Lipinski definition) is 9. The molecule has 1 fully saturated rings. The van der Waals surface area contributed by atoms with Crippen molar-refractivity contribution in [2.24, 2.45) is 4.99 Å². The highest BCUT2D eigenvalue weighted by Crippen LogP contribution is 2.40. The number of ether oxygens (including phenoxy) is 3. The van der Waals surface area contributed by atoms with E-state index in [4.69, 9.17) is 14.2 Å². The highest BCUT2D eigenvalue weighted by atomic mass is 32.2. The van der Waals surface area contributed by atoms with Crippen molar-refractivity contribution in [3.05, 3.63) is 41.1 Å². The third-order valence-corrected chi connectivity index (χ3v) is 6.45. The van der Waals surface area contributed by atoms with Gasteiger partial charge in [-0.2, -0.15) is 0 Å². The molecule has 0 unspecified atom stereocenters. The molecule has 0 saturated carbocycles. The van der Waals surface area contributed by atoms with E-state index in [9.17, 15) is 14.4 Å². The number of fused-ring (bicyclic) bond motifs is 1. The molecule has 9 nitrogen and oxygen atoms in total. The van der Waals surface area contributed by atoms with Gasteiger partial charge < -0.3 is 24.4 Å². The summed E-state index contributed by atoms with van der Waals surface area (Å²) in [6, 6.07) is 7.05. The predicted octanol–water partition coefficient (Wildman–Crippen LogP) is 3.28. The first-order valence-electron chi connectivity index (χ1n) is 11.3. The minimum absolute atomic E-state index is 0.0349. The van der Waals surface area contributed by atoms with Crippen LogP contribution in [0.4, 0.5) is 5.69 Å². The van der Waals surface area contributed by atoms with Gasteiger partial charge in [0.1, 0.15) is 6.61 Å². The zero-order valence-electron chi connectivity index (χ0n) is 19.8. The number of rotatable bonds is 10. The summed E-state index contributed by atoms with van der Waals surface area (Å²) in [6.45, 7) is 5.12. The van der Waals surface area contributed by atoms with Crippen molar-refractivity contribution < 1.29 is 28.6 Å². The number of hydrogen-bond donors (Lipinski definition) is 1. The first-order chi connectivity index (χ1) is 16.4. The summed E-state index contributed by atoms with van der Waals surface area (Å²) in [4.78, 5) is 43.5. The number of benzene rings is 1. The second-order valence-electron chi connectivity index (χ2n) is 7.80. The molecule has 0 aliphatic carbocycles. The zero-order chi connectivity index (χ0) is 24.5. The second kappa shape index (κ2) is 12.6. The molecule has 184 valence electrons. The van der Waals surface area contributed by atoms with Gasteiger partial charge in [0.15, 0.2) is 5.17 Å². The van der Waals surface area contributed by atoms with Crippen LogP contribution in [0.1, 0.15) is 44.7 Å². The molecule has 0 bridgehead atoms. The molecule has 2 heterocycles. The van der Waals surface area contributed by atoms with E-state index >= 15 is 0 Å². The molecule has 0 radical (unpaired) electrons. The Morgan fingerprint density at radius 1 is 1.15 bits per heavy atom. The summed E-state index contributed by atoms with van der Waals surface area (Å²) < 4.78 is 15.3. The van der Waals surface area contributed by atoms with Crippen LogP contribution in [0, 0.1) is 0 Å². The standard InChI is InChI=1S/C24H31N3O6S/c1-4-32-20(29)11-10-19(28)26-18-8-6-17(7-9-18)22-21(23(30)33-14-13-31-3)16(2)25-24-27(22)12-5-15-34-24/h6-9,22H,4-5,10-15H2,1-3H3,(H,26,28)/t22-/m0/s1. The van der Waals surface area contributed by atoms with Gasteiger partial charge in [-0.25, -0.2) is 9.79 Å². The molecule has 1 amide bonds. The topological polar surface area (TPSA) is 107 Å². The lowest BCUT2D eigenvalue weighted by atomic mass is 9.94. The van der Waals surface area contributed by atoms with Gasteiger partial charge in [-0.3, -0.25) is 9.59 Å². The van der Waals surface area contributed by atoms with Gasteiger partial charge in [-0.15, -0.1) is 0 Å². The number of amidine groups is 1. The van der Waals surface area contributed by atoms with Gasteiger partial charge in [0.05, 0.1) is 36.9 Å². The average molecular weight is 490 g/mol. The SMILES string of the molecule is CCOC(=O)CCC(=O)Nc1ccc([C@H]2C(C(=O)OCCOC)=C(C)N=C3SCCCN32)cc1. The fraction of sp³-hybridized carbons (Fsp3) is 0.500. The Bertz CT molecular complexity index is 960. The lowest BCUT2D eigenvalue weighted by Gasteiger charge is -2.40. The third-order valence-electron chi connectivity index (χ3n) is 5.37. The van der Waals surface area contributed by atoms with Crippen molar-refractivity contribution in [1.82, 2.24) is 4.90 Å². The molecule has 34 heavy (non-hydrogen) atoms. The quantitative estimate of drug-likeness (QED) is 0.394. The summed E-state index contributed by atoms with van der Waals surface area (Å²) in [6.07, 6.45) is 1.07. The molecular formula is C24H31N3O6S. The van der Waals surface area contributed by atoms with E-state index in [1.807, 2.05) is 19.1 Å². The van der Waals surface area contributed by atoms with E-state index in [-0.39, 0.29) is 31.4 Å². The average Bonchev–Trinajstić information content (AvgIpc) is 2.83. The summed E-state index contributed by atoms with van der Waals surface area (Å²) in [5.74, 6) is -0.0818. The number of thioether (sulfide) groups is 1. The molecule has 3 rings (SSSR count). The van der Waals surface area contributed by atoms with Gasteiger partial charge in [-0.1, -0.05) is 23.9 Å². The Morgan fingerprint density at radius 3 is 2.62 bits per heavy atom. The zero-order valence-corrected chi connectivity index (χ0v) is 20.6. The Balaban J connectivity index is 1.77. The van der Waals surface area contributed by atoms with Crippen LogP contribution in [0.5, 0.6) is 0 Å². The maximum atomic E-state index is 13.0. The fourth-order valence-electron chi connectivity index (χ4n) is 3.79. The number of amides is 1. The van der Waals surface area contributed by atoms with Crippen molar-refractivity contribution in [2.75, 3.05) is 44.5 Å². The van der Waals surface area contributed by atoms with E-state index < -0.39 is 11.9 Å². The molecule has 0 spiro atoms. The van der Waals surface area contributed by atoms with E-state index in [0.29, 0.717) is 30.2 Å². The Morgan fingerprint density at radius 2 is 1.91 bits per heavy atom. The largest absolute Gasteiger partial charge is 0.466 e. The molecule has 1 saturated heterocycles. The van der Waals surface area contributed by atoms with Crippen molar-refractivity contribution >= 4 is 40.5 Å². The van der Waals surface area contributed by atoms with E-state index in [1.54, 1.807) is 37.9 Å². The Hall–Kier alpha value is -2.85. The van der Waals surface area contributed by atoms with Crippen LogP contribution in [0.15, 0.2) is 40.5 Å². The molecule has 1 aromatic carbocycles. The maximum Gasteiger partial charge on any atom is 0.338 e. The molecule has 0 aromatic heterocycles. The monoisotopic (exact) mass is 489 g/mol. The van der Waals surface area contributed by atoms with Crippen LogP contribution in [-0.2, 0) is 28.6 Å². The molecule has 1 aromatic rings. The first kappa shape index (κ1) is 25.8. The van der Waals surface area contributed by atoms with E-state index in [1.165, 1.54) is 0 Å². The second-order valence-corrected chi connectivity index (χ2v) is 8.86. The fourth-order valence-corrected chi connectivity index (χ4v) is 4.81. The molecule has 2 aliphatic heterocycles. The minimum Gasteiger partial charge on any atom is -0.466 e. The van der Waals surface area contributed by atoms with Gasteiger partial charge in [0.25, 0.3) is 0 Å². The number of esters is 2. The van der Waals surface area contributed by atoms with Gasteiger partial charge in [0.2, 0.25) is 5.91 Å². The minimum atomic E-state index is -0.408. The van der Waals surface area contributed by atoms with Crippen LogP contribution in [0.2, 0.25) is 0 Å². The summed E-state index contributed by atoms with van der Waals surface area (Å²) in [7, 11) is 1.56. The number of allylic oxidation sites excluding steroid dienone is 1. The smallest absolute Gasteiger partial charge is 0.338 e. The highest BCUT2D eigenvalue weighted by Gasteiger charge is 2.37. The van der Waals surface area contributed by atoms with Crippen LogP contribution in [0.3, 0.4) is 0 Å². The lowest BCUT2D eigenvalue weighted by Crippen LogP contribution is -2.42. The number of aliphatic imine (C=N–C) groups is 1. The van der Waals surface area contributed by atoms with Crippen LogP contribution < -0.4 is 5.32 Å². The van der Waals surface area contributed by atoms with Gasteiger partial charge in [-0.05, 0) is 38.0 Å². The van der Waals surface area contributed by atoms with Crippen molar-refractivity contribution in [3.8, 4) is 0 Å². The van der Waals surface area contributed by atoms with E-state index in [0.717, 1.165) is 29.4 Å². The summed E-state index contributed by atoms with van der Waals surface area (Å²) >= 11 is 1.68. The van der Waals surface area contributed by atoms with Gasteiger partial charge >= 0.3 is 11.9 Å². The lowest BCUT2D eigenvalue weighted by molar-refractivity contribution is -0.144. The maximum absolute atomic E-state index is 13.0. The third kappa shape index (κ3) is 6.60.